The zero-order valence-corrected chi connectivity index (χ0v) is 8.04. The summed E-state index contributed by atoms with van der Waals surface area (Å²) in [7, 11) is 3.28. The van der Waals surface area contributed by atoms with E-state index in [0.717, 1.165) is 23.5 Å². The van der Waals surface area contributed by atoms with E-state index in [0.29, 0.717) is 0 Å². The molecule has 0 aliphatic rings. The Kier molecular flexibility index (Phi) is 3.38. The van der Waals surface area contributed by atoms with Crippen LogP contribution in [0.15, 0.2) is 30.9 Å². The lowest BCUT2D eigenvalue weighted by Gasteiger charge is -2.10. The molecule has 2 heteroatoms. The van der Waals surface area contributed by atoms with E-state index >= 15 is 0 Å². The van der Waals surface area contributed by atoms with Crippen molar-refractivity contribution >= 4 is 0 Å². The van der Waals surface area contributed by atoms with Gasteiger partial charge >= 0.3 is 0 Å². The summed E-state index contributed by atoms with van der Waals surface area (Å²) >= 11 is 0. The monoisotopic (exact) mass is 178 g/mol. The van der Waals surface area contributed by atoms with Crippen molar-refractivity contribution in [3.8, 4) is 11.5 Å². The lowest BCUT2D eigenvalue weighted by Crippen LogP contribution is -1.94. The Bertz CT molecular complexity index is 292. The molecule has 13 heavy (non-hydrogen) atoms. The number of benzene rings is 1. The van der Waals surface area contributed by atoms with Crippen LogP contribution in [0.25, 0.3) is 0 Å². The minimum Gasteiger partial charge on any atom is -0.493 e. The Labute approximate surface area is 78.8 Å². The van der Waals surface area contributed by atoms with Gasteiger partial charge in [0, 0.05) is 5.56 Å². The van der Waals surface area contributed by atoms with Crippen molar-refractivity contribution in [1.29, 1.82) is 0 Å². The molecule has 0 atom stereocenters. The Morgan fingerprint density at radius 3 is 2.62 bits per heavy atom. The smallest absolute Gasteiger partial charge is 0.164 e. The van der Waals surface area contributed by atoms with Crippen LogP contribution >= 0.6 is 0 Å². The molecule has 1 aromatic carbocycles. The Morgan fingerprint density at radius 1 is 1.31 bits per heavy atom. The van der Waals surface area contributed by atoms with E-state index in [-0.39, 0.29) is 0 Å². The van der Waals surface area contributed by atoms with Gasteiger partial charge in [-0.3, -0.25) is 0 Å². The third-order valence-corrected chi connectivity index (χ3v) is 1.85. The summed E-state index contributed by atoms with van der Waals surface area (Å²) in [5.41, 5.74) is 1.09. The van der Waals surface area contributed by atoms with Crippen molar-refractivity contribution in [3.63, 3.8) is 0 Å². The maximum absolute atomic E-state index is 5.25. The maximum Gasteiger partial charge on any atom is 0.164 e. The van der Waals surface area contributed by atoms with Gasteiger partial charge in [0.05, 0.1) is 14.2 Å². The number of methoxy groups -OCH3 is 2. The normalized spacial score (nSPS) is 9.38. The molecule has 0 radical (unpaired) electrons. The van der Waals surface area contributed by atoms with E-state index in [4.69, 9.17) is 9.47 Å². The minimum atomic E-state index is 0.766. The van der Waals surface area contributed by atoms with Crippen LogP contribution in [0.1, 0.15) is 5.56 Å². The molecule has 2 nitrogen and oxygen atoms in total. The van der Waals surface area contributed by atoms with Crippen molar-refractivity contribution in [2.45, 2.75) is 6.42 Å². The SMILES string of the molecule is C=CCc1cccc(OC)c1OC. The highest BCUT2D eigenvalue weighted by molar-refractivity contribution is 5.47. The van der Waals surface area contributed by atoms with Crippen molar-refractivity contribution in [2.75, 3.05) is 14.2 Å². The molecule has 0 saturated carbocycles. The summed E-state index contributed by atoms with van der Waals surface area (Å²) in [6.45, 7) is 3.69. The molecular formula is C11H14O2. The summed E-state index contributed by atoms with van der Waals surface area (Å²) < 4.78 is 10.4. The van der Waals surface area contributed by atoms with Crippen LogP contribution in [0.5, 0.6) is 11.5 Å². The lowest BCUT2D eigenvalue weighted by atomic mass is 10.1. The third kappa shape index (κ3) is 2.02. The summed E-state index contributed by atoms with van der Waals surface area (Å²) in [5, 5.41) is 0. The molecule has 0 fully saturated rings. The van der Waals surface area contributed by atoms with Crippen LogP contribution in [-0.2, 0) is 6.42 Å². The predicted octanol–water partition coefficient (Wildman–Crippen LogP) is 2.43. The van der Waals surface area contributed by atoms with Crippen LogP contribution in [0.4, 0.5) is 0 Å². The first-order chi connectivity index (χ1) is 6.33. The molecule has 1 aromatic rings. The number of ether oxygens (including phenoxy) is 2. The third-order valence-electron chi connectivity index (χ3n) is 1.85. The van der Waals surface area contributed by atoms with E-state index in [1.165, 1.54) is 0 Å². The lowest BCUT2D eigenvalue weighted by molar-refractivity contribution is 0.352. The van der Waals surface area contributed by atoms with E-state index in [1.807, 2.05) is 24.3 Å². The van der Waals surface area contributed by atoms with Crippen molar-refractivity contribution in [1.82, 2.24) is 0 Å². The minimum absolute atomic E-state index is 0.766. The van der Waals surface area contributed by atoms with E-state index in [1.54, 1.807) is 14.2 Å². The van der Waals surface area contributed by atoms with Gasteiger partial charge in [0.15, 0.2) is 11.5 Å². The van der Waals surface area contributed by atoms with Crippen LogP contribution in [0, 0.1) is 0 Å². The summed E-state index contributed by atoms with van der Waals surface area (Å²) in [4.78, 5) is 0. The summed E-state index contributed by atoms with van der Waals surface area (Å²) in [6, 6.07) is 5.83. The molecule has 0 aromatic heterocycles. The van der Waals surface area contributed by atoms with Gasteiger partial charge in [-0.1, -0.05) is 18.2 Å². The van der Waals surface area contributed by atoms with Gasteiger partial charge in [-0.15, -0.1) is 6.58 Å². The Balaban J connectivity index is 3.10. The maximum atomic E-state index is 5.25. The topological polar surface area (TPSA) is 18.5 Å². The number of allylic oxidation sites excluding steroid dienone is 1. The summed E-state index contributed by atoms with van der Waals surface area (Å²) in [6.07, 6.45) is 2.64. The van der Waals surface area contributed by atoms with Gasteiger partial charge in [0.1, 0.15) is 0 Å². The quantitative estimate of drug-likeness (QED) is 0.659. The molecule has 0 amide bonds. The van der Waals surface area contributed by atoms with Crippen LogP contribution in [-0.4, -0.2) is 14.2 Å². The number of rotatable bonds is 4. The fourth-order valence-corrected chi connectivity index (χ4v) is 1.27. The molecule has 1 rings (SSSR count). The van der Waals surface area contributed by atoms with E-state index in [2.05, 4.69) is 6.58 Å². The highest BCUT2D eigenvalue weighted by Crippen LogP contribution is 2.30. The first-order valence-electron chi connectivity index (χ1n) is 4.14. The van der Waals surface area contributed by atoms with Crippen LogP contribution < -0.4 is 9.47 Å². The van der Waals surface area contributed by atoms with Gasteiger partial charge in [0.2, 0.25) is 0 Å². The first kappa shape index (κ1) is 9.65. The van der Waals surface area contributed by atoms with Crippen LogP contribution in [0.3, 0.4) is 0 Å². The standard InChI is InChI=1S/C11H14O2/c1-4-6-9-7-5-8-10(12-2)11(9)13-3/h4-5,7-8H,1,6H2,2-3H3. The number of para-hydroxylation sites is 1. The molecule has 70 valence electrons. The Morgan fingerprint density at radius 2 is 2.08 bits per heavy atom. The fraction of sp³-hybridized carbons (Fsp3) is 0.273. The zero-order valence-electron chi connectivity index (χ0n) is 8.04. The molecule has 0 spiro atoms. The predicted molar refractivity (Wildman–Crippen MR) is 53.4 cm³/mol. The second kappa shape index (κ2) is 4.55. The molecule has 0 saturated heterocycles. The fourth-order valence-electron chi connectivity index (χ4n) is 1.27. The molecular weight excluding hydrogens is 164 g/mol. The highest BCUT2D eigenvalue weighted by atomic mass is 16.5. The largest absolute Gasteiger partial charge is 0.493 e. The van der Waals surface area contributed by atoms with Crippen molar-refractivity contribution in [2.24, 2.45) is 0 Å². The first-order valence-corrected chi connectivity index (χ1v) is 4.14. The van der Waals surface area contributed by atoms with E-state index in [9.17, 15) is 0 Å². The van der Waals surface area contributed by atoms with Gasteiger partial charge in [-0.05, 0) is 12.5 Å². The van der Waals surface area contributed by atoms with Gasteiger partial charge in [-0.2, -0.15) is 0 Å². The van der Waals surface area contributed by atoms with Gasteiger partial charge in [-0.25, -0.2) is 0 Å². The Hall–Kier alpha value is -1.44. The van der Waals surface area contributed by atoms with Crippen molar-refractivity contribution < 1.29 is 9.47 Å². The molecule has 0 aliphatic carbocycles. The van der Waals surface area contributed by atoms with E-state index < -0.39 is 0 Å². The molecule has 0 bridgehead atoms. The molecule has 0 unspecified atom stereocenters. The van der Waals surface area contributed by atoms with Gasteiger partial charge < -0.3 is 9.47 Å². The summed E-state index contributed by atoms with van der Waals surface area (Å²) in [5.74, 6) is 1.56. The molecule has 0 aliphatic heterocycles. The zero-order chi connectivity index (χ0) is 9.68. The van der Waals surface area contributed by atoms with Crippen LogP contribution in [0.2, 0.25) is 0 Å². The second-order valence-corrected chi connectivity index (χ2v) is 2.65. The highest BCUT2D eigenvalue weighted by Gasteiger charge is 2.06. The van der Waals surface area contributed by atoms with Gasteiger partial charge in [0.25, 0.3) is 0 Å². The number of hydrogen-bond acceptors (Lipinski definition) is 2. The van der Waals surface area contributed by atoms with Crippen molar-refractivity contribution in [3.05, 3.63) is 36.4 Å². The second-order valence-electron chi connectivity index (χ2n) is 2.65. The average molecular weight is 178 g/mol. The number of hydrogen-bond donors (Lipinski definition) is 0. The molecule has 0 N–H and O–H groups in total. The average Bonchev–Trinajstić information content (AvgIpc) is 2.18. The molecule has 0 heterocycles.